The van der Waals surface area contributed by atoms with Crippen LogP contribution in [0, 0.1) is 12.7 Å². The van der Waals surface area contributed by atoms with Gasteiger partial charge in [0.1, 0.15) is 11.9 Å². The molecule has 0 saturated carbocycles. The van der Waals surface area contributed by atoms with Crippen molar-refractivity contribution in [1.82, 2.24) is 0 Å². The van der Waals surface area contributed by atoms with Crippen molar-refractivity contribution >= 4 is 5.97 Å². The molecule has 3 rings (SSSR count). The van der Waals surface area contributed by atoms with Gasteiger partial charge in [-0.05, 0) is 48.4 Å². The molecule has 0 amide bonds. The van der Waals surface area contributed by atoms with Crippen molar-refractivity contribution in [3.8, 4) is 0 Å². The molecule has 1 aliphatic heterocycles. The molecule has 26 heavy (non-hydrogen) atoms. The number of ether oxygens (including phenoxy) is 1. The lowest BCUT2D eigenvalue weighted by Crippen LogP contribution is -2.29. The summed E-state index contributed by atoms with van der Waals surface area (Å²) in [6.45, 7) is 3.77. The number of hydrogen-bond donors (Lipinski definition) is 1. The van der Waals surface area contributed by atoms with E-state index in [1.807, 2.05) is 24.3 Å². The molecule has 0 bridgehead atoms. The van der Waals surface area contributed by atoms with Crippen LogP contribution < -0.4 is 0 Å². The molecule has 2 aromatic rings. The molecule has 2 unspecified atom stereocenters. The number of benzene rings is 2. The van der Waals surface area contributed by atoms with Gasteiger partial charge in [0.15, 0.2) is 0 Å². The quantitative estimate of drug-likeness (QED) is 0.764. The Labute approximate surface area is 153 Å². The van der Waals surface area contributed by atoms with Crippen LogP contribution in [-0.4, -0.2) is 17.2 Å². The first kappa shape index (κ1) is 18.6. The molecular weight excluding hydrogens is 331 g/mol. The van der Waals surface area contributed by atoms with E-state index in [9.17, 15) is 14.3 Å². The summed E-state index contributed by atoms with van der Waals surface area (Å²) in [6.07, 6.45) is 2.72. The summed E-state index contributed by atoms with van der Waals surface area (Å²) < 4.78 is 19.5. The second-order valence-corrected chi connectivity index (χ2v) is 7.05. The number of carbonyl (C=O) groups is 1. The third-order valence-electron chi connectivity index (χ3n) is 5.01. The highest BCUT2D eigenvalue weighted by Gasteiger charge is 2.30. The number of halogens is 1. The van der Waals surface area contributed by atoms with Gasteiger partial charge < -0.3 is 9.84 Å². The second kappa shape index (κ2) is 8.00. The fourth-order valence-corrected chi connectivity index (χ4v) is 3.47. The summed E-state index contributed by atoms with van der Waals surface area (Å²) in [6, 6.07) is 11.5. The van der Waals surface area contributed by atoms with E-state index < -0.39 is 17.9 Å². The molecule has 2 atom stereocenters. The maximum Gasteiger partial charge on any atom is 0.341 e. The fraction of sp³-hybridized carbons (Fsp3) is 0.409. The van der Waals surface area contributed by atoms with Crippen molar-refractivity contribution in [2.75, 3.05) is 0 Å². The lowest BCUT2D eigenvalue weighted by atomic mass is 9.93. The van der Waals surface area contributed by atoms with E-state index in [1.165, 1.54) is 5.56 Å². The molecule has 0 spiro atoms. The molecule has 0 fully saturated rings. The van der Waals surface area contributed by atoms with Crippen LogP contribution in [0.25, 0.3) is 0 Å². The van der Waals surface area contributed by atoms with Crippen LogP contribution in [0.15, 0.2) is 36.4 Å². The average molecular weight is 356 g/mol. The van der Waals surface area contributed by atoms with E-state index >= 15 is 0 Å². The van der Waals surface area contributed by atoms with Gasteiger partial charge in [-0.3, -0.25) is 0 Å². The summed E-state index contributed by atoms with van der Waals surface area (Å²) in [7, 11) is 0. The highest BCUT2D eigenvalue weighted by Crippen LogP contribution is 2.29. The SMILES string of the molecule is CCCc1ccc(C(O)CCC2Cc3ccc(C)c(F)c3C(=O)O2)cc1. The number of carbonyl (C=O) groups excluding carboxylic acids is 1. The molecule has 0 aromatic heterocycles. The van der Waals surface area contributed by atoms with E-state index in [0.717, 1.165) is 18.4 Å². The molecule has 1 heterocycles. The monoisotopic (exact) mass is 356 g/mol. The van der Waals surface area contributed by atoms with Crippen molar-refractivity contribution in [3.05, 3.63) is 70.0 Å². The molecule has 1 aliphatic rings. The zero-order valence-corrected chi connectivity index (χ0v) is 15.3. The minimum Gasteiger partial charge on any atom is -0.458 e. The Hall–Kier alpha value is -2.20. The maximum atomic E-state index is 14.1. The summed E-state index contributed by atoms with van der Waals surface area (Å²) in [4.78, 5) is 12.2. The first-order valence-electron chi connectivity index (χ1n) is 9.25. The number of cyclic esters (lactones) is 1. The Bertz CT molecular complexity index is 783. The predicted molar refractivity (Wildman–Crippen MR) is 98.7 cm³/mol. The van der Waals surface area contributed by atoms with E-state index in [2.05, 4.69) is 6.92 Å². The second-order valence-electron chi connectivity index (χ2n) is 7.05. The van der Waals surface area contributed by atoms with Crippen molar-refractivity contribution in [3.63, 3.8) is 0 Å². The van der Waals surface area contributed by atoms with Crippen LogP contribution in [0.2, 0.25) is 0 Å². The largest absolute Gasteiger partial charge is 0.458 e. The number of aliphatic hydroxyl groups excluding tert-OH is 1. The standard InChI is InChI=1S/C22H25FO3/c1-3-4-15-6-9-16(10-7-15)19(24)12-11-18-13-17-8-5-14(2)21(23)20(17)22(25)26-18/h5-10,18-19,24H,3-4,11-13H2,1-2H3. The van der Waals surface area contributed by atoms with Crippen molar-refractivity contribution < 1.29 is 19.0 Å². The first-order valence-corrected chi connectivity index (χ1v) is 9.25. The van der Waals surface area contributed by atoms with Gasteiger partial charge in [0.25, 0.3) is 0 Å². The minimum absolute atomic E-state index is 0.0633. The molecule has 3 nitrogen and oxygen atoms in total. The van der Waals surface area contributed by atoms with Gasteiger partial charge in [0.05, 0.1) is 11.7 Å². The number of hydrogen-bond acceptors (Lipinski definition) is 3. The third-order valence-corrected chi connectivity index (χ3v) is 5.01. The normalized spacial score (nSPS) is 17.5. The lowest BCUT2D eigenvalue weighted by molar-refractivity contribution is 0.0186. The number of esters is 1. The Morgan fingerprint density at radius 1 is 1.23 bits per heavy atom. The molecule has 0 aliphatic carbocycles. The highest BCUT2D eigenvalue weighted by molar-refractivity contribution is 5.92. The molecule has 4 heteroatoms. The van der Waals surface area contributed by atoms with Crippen LogP contribution >= 0.6 is 0 Å². The van der Waals surface area contributed by atoms with E-state index in [-0.39, 0.29) is 11.7 Å². The van der Waals surface area contributed by atoms with Gasteiger partial charge in [0, 0.05) is 6.42 Å². The summed E-state index contributed by atoms with van der Waals surface area (Å²) >= 11 is 0. The average Bonchev–Trinajstić information content (AvgIpc) is 2.63. The number of aliphatic hydroxyl groups is 1. The van der Waals surface area contributed by atoms with Crippen LogP contribution in [-0.2, 0) is 17.6 Å². The Kier molecular flexibility index (Phi) is 5.72. The van der Waals surface area contributed by atoms with Crippen molar-refractivity contribution in [2.45, 2.75) is 58.2 Å². The fourth-order valence-electron chi connectivity index (χ4n) is 3.47. The van der Waals surface area contributed by atoms with Crippen molar-refractivity contribution in [2.24, 2.45) is 0 Å². The van der Waals surface area contributed by atoms with Crippen molar-refractivity contribution in [1.29, 1.82) is 0 Å². The zero-order chi connectivity index (χ0) is 18.7. The predicted octanol–water partition coefficient (Wildman–Crippen LogP) is 4.68. The van der Waals surface area contributed by atoms with E-state index in [1.54, 1.807) is 19.1 Å². The Morgan fingerprint density at radius 3 is 2.65 bits per heavy atom. The molecule has 0 saturated heterocycles. The summed E-state index contributed by atoms with van der Waals surface area (Å²) in [5.74, 6) is -1.09. The molecule has 138 valence electrons. The minimum atomic E-state index is -0.601. The van der Waals surface area contributed by atoms with Gasteiger partial charge in [-0.15, -0.1) is 0 Å². The van der Waals surface area contributed by atoms with Gasteiger partial charge >= 0.3 is 5.97 Å². The summed E-state index contributed by atoms with van der Waals surface area (Å²) in [5, 5.41) is 10.4. The van der Waals surface area contributed by atoms with Crippen LogP contribution in [0.3, 0.4) is 0 Å². The van der Waals surface area contributed by atoms with Gasteiger partial charge in [-0.1, -0.05) is 49.7 Å². The van der Waals surface area contributed by atoms with Crippen LogP contribution in [0.5, 0.6) is 0 Å². The number of fused-ring (bicyclic) bond motifs is 1. The molecule has 2 aromatic carbocycles. The third kappa shape index (κ3) is 3.96. The first-order chi connectivity index (χ1) is 12.5. The summed E-state index contributed by atoms with van der Waals surface area (Å²) in [5.41, 5.74) is 3.33. The van der Waals surface area contributed by atoms with E-state index in [0.29, 0.717) is 30.4 Å². The number of rotatable bonds is 6. The van der Waals surface area contributed by atoms with E-state index in [4.69, 9.17) is 4.74 Å². The maximum absolute atomic E-state index is 14.1. The Morgan fingerprint density at radius 2 is 1.96 bits per heavy atom. The highest BCUT2D eigenvalue weighted by atomic mass is 19.1. The topological polar surface area (TPSA) is 46.5 Å². The van der Waals surface area contributed by atoms with Gasteiger partial charge in [-0.25, -0.2) is 9.18 Å². The van der Waals surface area contributed by atoms with Crippen LogP contribution in [0.4, 0.5) is 4.39 Å². The number of aryl methyl sites for hydroxylation is 2. The lowest BCUT2D eigenvalue weighted by Gasteiger charge is -2.26. The Balaban J connectivity index is 1.61. The smallest absolute Gasteiger partial charge is 0.341 e. The molecule has 0 radical (unpaired) electrons. The van der Waals surface area contributed by atoms with Crippen LogP contribution in [0.1, 0.15) is 64.9 Å². The van der Waals surface area contributed by atoms with Gasteiger partial charge in [-0.2, -0.15) is 0 Å². The zero-order valence-electron chi connectivity index (χ0n) is 15.3. The van der Waals surface area contributed by atoms with Gasteiger partial charge in [0.2, 0.25) is 0 Å². The molecule has 1 N–H and O–H groups in total. The molecular formula is C22H25FO3.